The predicted molar refractivity (Wildman–Crippen MR) is 130 cm³/mol. The van der Waals surface area contributed by atoms with Crippen LogP contribution in [-0.4, -0.2) is 51.5 Å². The van der Waals surface area contributed by atoms with E-state index in [1.807, 2.05) is 0 Å². The van der Waals surface area contributed by atoms with Crippen LogP contribution in [0.25, 0.3) is 0 Å². The van der Waals surface area contributed by atoms with Gasteiger partial charge in [-0.15, -0.1) is 0 Å². The molecule has 11 heteroatoms. The Hall–Kier alpha value is -3.01. The van der Waals surface area contributed by atoms with Crippen molar-refractivity contribution in [3.05, 3.63) is 29.3 Å². The number of anilines is 1. The molecule has 0 aliphatic heterocycles. The SMILES string of the molecule is CC(C)(C)OC(=O)NC1(C(=O)O)CC(NC(=O)Nc2ccc(Cl)cc2)C2C(C(=O)O)C21.CCCC. The summed E-state index contributed by atoms with van der Waals surface area (Å²) in [6.07, 6.45) is 1.50. The standard InChI is InChI=1S/C20H24ClN3O7.C4H10/c1-19(2,3)31-18(30)24-20(16(27)28)8-11(12-13(14(12)20)15(25)26)23-17(29)22-10-6-4-9(21)5-7-10;1-3-4-2/h4-7,11-14H,8H2,1-3H3,(H,24,30)(H,25,26)(H,27,28)(H2,22,23,29);3-4H2,1-2H3. The van der Waals surface area contributed by atoms with E-state index < -0.39 is 59.0 Å². The van der Waals surface area contributed by atoms with Crippen LogP contribution in [0.3, 0.4) is 0 Å². The lowest BCUT2D eigenvalue weighted by Gasteiger charge is -2.31. The van der Waals surface area contributed by atoms with Gasteiger partial charge in [0.1, 0.15) is 11.1 Å². The number of alkyl carbamates (subject to hydrolysis) is 1. The first-order valence-electron chi connectivity index (χ1n) is 11.6. The van der Waals surface area contributed by atoms with Crippen molar-refractivity contribution >= 4 is 41.4 Å². The largest absolute Gasteiger partial charge is 0.481 e. The van der Waals surface area contributed by atoms with E-state index in [4.69, 9.17) is 16.3 Å². The van der Waals surface area contributed by atoms with E-state index in [-0.39, 0.29) is 6.42 Å². The fourth-order valence-corrected chi connectivity index (χ4v) is 4.45. The first-order valence-corrected chi connectivity index (χ1v) is 11.9. The first-order chi connectivity index (χ1) is 16.3. The molecule has 5 atom stereocenters. The summed E-state index contributed by atoms with van der Waals surface area (Å²) in [5.41, 5.74) is -2.28. The molecule has 0 radical (unpaired) electrons. The summed E-state index contributed by atoms with van der Waals surface area (Å²) in [7, 11) is 0. The third-order valence-electron chi connectivity index (χ3n) is 5.96. The number of carbonyl (C=O) groups excluding carboxylic acids is 2. The lowest BCUT2D eigenvalue weighted by atomic mass is 9.89. The smallest absolute Gasteiger partial charge is 0.408 e. The molecule has 1 aromatic rings. The van der Waals surface area contributed by atoms with E-state index in [1.165, 1.54) is 12.8 Å². The summed E-state index contributed by atoms with van der Waals surface area (Å²) < 4.78 is 5.17. The minimum atomic E-state index is -1.87. The third-order valence-corrected chi connectivity index (χ3v) is 6.21. The van der Waals surface area contributed by atoms with E-state index in [2.05, 4.69) is 29.8 Å². The summed E-state index contributed by atoms with van der Waals surface area (Å²) in [5.74, 6) is -5.09. The molecule has 0 bridgehead atoms. The molecular formula is C24H34ClN3O7. The maximum absolute atomic E-state index is 12.4. The number of hydrogen-bond donors (Lipinski definition) is 5. The molecule has 5 unspecified atom stereocenters. The van der Waals surface area contributed by atoms with Crippen LogP contribution in [0.5, 0.6) is 0 Å². The van der Waals surface area contributed by atoms with Crippen LogP contribution >= 0.6 is 11.6 Å². The Kier molecular flexibility index (Phi) is 9.00. The van der Waals surface area contributed by atoms with Gasteiger partial charge >= 0.3 is 24.1 Å². The number of hydrogen-bond acceptors (Lipinski definition) is 5. The maximum Gasteiger partial charge on any atom is 0.408 e. The van der Waals surface area contributed by atoms with Crippen molar-refractivity contribution in [1.29, 1.82) is 0 Å². The zero-order chi connectivity index (χ0) is 26.6. The molecule has 10 nitrogen and oxygen atoms in total. The summed E-state index contributed by atoms with van der Waals surface area (Å²) >= 11 is 5.81. The van der Waals surface area contributed by atoms with Crippen LogP contribution in [0.15, 0.2) is 24.3 Å². The molecule has 2 aliphatic carbocycles. The van der Waals surface area contributed by atoms with Crippen molar-refractivity contribution in [3.63, 3.8) is 0 Å². The second kappa shape index (κ2) is 11.2. The van der Waals surface area contributed by atoms with Gasteiger partial charge in [0.2, 0.25) is 0 Å². The number of amides is 3. The highest BCUT2D eigenvalue weighted by Gasteiger charge is 2.76. The number of urea groups is 1. The highest BCUT2D eigenvalue weighted by atomic mass is 35.5. The lowest BCUT2D eigenvalue weighted by molar-refractivity contribution is -0.147. The van der Waals surface area contributed by atoms with Crippen molar-refractivity contribution in [1.82, 2.24) is 10.6 Å². The van der Waals surface area contributed by atoms with E-state index in [1.54, 1.807) is 45.0 Å². The number of carboxylic acid groups (broad SMARTS) is 2. The molecule has 0 saturated heterocycles. The Balaban J connectivity index is 0.00000100. The van der Waals surface area contributed by atoms with Crippen LogP contribution in [0.2, 0.25) is 5.02 Å². The lowest BCUT2D eigenvalue weighted by Crippen LogP contribution is -2.58. The van der Waals surface area contributed by atoms with Crippen molar-refractivity contribution in [3.8, 4) is 0 Å². The Labute approximate surface area is 209 Å². The fourth-order valence-electron chi connectivity index (χ4n) is 4.33. The van der Waals surface area contributed by atoms with Crippen molar-refractivity contribution < 1.29 is 34.1 Å². The number of benzene rings is 1. The third kappa shape index (κ3) is 7.00. The number of fused-ring (bicyclic) bond motifs is 1. The first kappa shape index (κ1) is 28.2. The molecule has 2 saturated carbocycles. The molecular weight excluding hydrogens is 478 g/mol. The van der Waals surface area contributed by atoms with Gasteiger partial charge in [0.15, 0.2) is 0 Å². The number of nitrogens with one attached hydrogen (secondary N) is 3. The second-order valence-corrected chi connectivity index (χ2v) is 10.2. The molecule has 5 N–H and O–H groups in total. The normalized spacial score (nSPS) is 26.3. The molecule has 0 spiro atoms. The molecule has 0 aromatic heterocycles. The van der Waals surface area contributed by atoms with Gasteiger partial charge in [-0.3, -0.25) is 4.79 Å². The van der Waals surface area contributed by atoms with E-state index in [9.17, 15) is 29.4 Å². The highest BCUT2D eigenvalue weighted by molar-refractivity contribution is 6.30. The second-order valence-electron chi connectivity index (χ2n) is 9.79. The number of carboxylic acids is 2. The monoisotopic (exact) mass is 511 g/mol. The van der Waals surface area contributed by atoms with Gasteiger partial charge in [0.25, 0.3) is 0 Å². The van der Waals surface area contributed by atoms with Gasteiger partial charge in [-0.1, -0.05) is 38.3 Å². The molecule has 1 aromatic carbocycles. The van der Waals surface area contributed by atoms with Crippen LogP contribution in [0.1, 0.15) is 53.9 Å². The van der Waals surface area contributed by atoms with Crippen molar-refractivity contribution in [2.45, 2.75) is 71.1 Å². The van der Waals surface area contributed by atoms with Gasteiger partial charge in [-0.25, -0.2) is 14.4 Å². The summed E-state index contributed by atoms with van der Waals surface area (Å²) in [6, 6.07) is 4.95. The molecule has 35 heavy (non-hydrogen) atoms. The maximum atomic E-state index is 12.4. The minimum absolute atomic E-state index is 0.172. The quantitative estimate of drug-likeness (QED) is 0.380. The Morgan fingerprint density at radius 2 is 1.66 bits per heavy atom. The topological polar surface area (TPSA) is 154 Å². The van der Waals surface area contributed by atoms with Crippen molar-refractivity contribution in [2.75, 3.05) is 5.32 Å². The van der Waals surface area contributed by atoms with E-state index in [0.29, 0.717) is 10.7 Å². The predicted octanol–water partition coefficient (Wildman–Crippen LogP) is 4.34. The number of aliphatic carboxylic acids is 2. The van der Waals surface area contributed by atoms with Crippen LogP contribution < -0.4 is 16.0 Å². The number of carbonyl (C=O) groups is 4. The minimum Gasteiger partial charge on any atom is -0.481 e. The average molecular weight is 512 g/mol. The molecule has 2 aliphatic rings. The number of halogens is 1. The summed E-state index contributed by atoms with van der Waals surface area (Å²) in [4.78, 5) is 48.6. The summed E-state index contributed by atoms with van der Waals surface area (Å²) in [6.45, 7) is 9.24. The number of unbranched alkanes of at least 4 members (excludes halogenated alkanes) is 1. The molecule has 3 amide bonds. The average Bonchev–Trinajstić information content (AvgIpc) is 3.42. The van der Waals surface area contributed by atoms with Gasteiger partial charge in [-0.05, 0) is 51.0 Å². The van der Waals surface area contributed by atoms with Crippen molar-refractivity contribution in [2.24, 2.45) is 17.8 Å². The van der Waals surface area contributed by atoms with Gasteiger partial charge in [0, 0.05) is 29.1 Å². The Morgan fingerprint density at radius 3 is 2.11 bits per heavy atom. The van der Waals surface area contributed by atoms with Gasteiger partial charge < -0.3 is 30.9 Å². The van der Waals surface area contributed by atoms with E-state index in [0.717, 1.165) is 0 Å². The molecule has 194 valence electrons. The molecule has 2 fully saturated rings. The van der Waals surface area contributed by atoms with E-state index >= 15 is 0 Å². The summed E-state index contributed by atoms with van der Waals surface area (Å²) in [5, 5.41) is 27.6. The Morgan fingerprint density at radius 1 is 1.09 bits per heavy atom. The zero-order valence-corrected chi connectivity index (χ0v) is 21.3. The molecule has 0 heterocycles. The van der Waals surface area contributed by atoms with Crippen LogP contribution in [-0.2, 0) is 14.3 Å². The number of rotatable bonds is 6. The molecule has 3 rings (SSSR count). The van der Waals surface area contributed by atoms with Crippen LogP contribution in [0, 0.1) is 17.8 Å². The number of ether oxygens (including phenoxy) is 1. The van der Waals surface area contributed by atoms with Crippen LogP contribution in [0.4, 0.5) is 15.3 Å². The van der Waals surface area contributed by atoms with Gasteiger partial charge in [0.05, 0.1) is 5.92 Å². The highest BCUT2D eigenvalue weighted by Crippen LogP contribution is 2.62. The Bertz CT molecular complexity index is 945. The van der Waals surface area contributed by atoms with Gasteiger partial charge in [-0.2, -0.15) is 0 Å². The fraction of sp³-hybridized carbons (Fsp3) is 0.583. The zero-order valence-electron chi connectivity index (χ0n) is 20.6.